The van der Waals surface area contributed by atoms with E-state index in [1.807, 2.05) is 29.5 Å². The highest BCUT2D eigenvalue weighted by Crippen LogP contribution is 2.45. The van der Waals surface area contributed by atoms with Crippen LogP contribution in [0.4, 0.5) is 0 Å². The number of benzene rings is 9. The van der Waals surface area contributed by atoms with Gasteiger partial charge in [0.05, 0.1) is 22.1 Å². The first kappa shape index (κ1) is 35.6. The lowest BCUT2D eigenvalue weighted by Crippen LogP contribution is -2.07. The van der Waals surface area contributed by atoms with E-state index >= 15 is 0 Å². The van der Waals surface area contributed by atoms with E-state index in [2.05, 4.69) is 203 Å². The summed E-state index contributed by atoms with van der Waals surface area (Å²) >= 11 is 1.84. The van der Waals surface area contributed by atoms with Crippen molar-refractivity contribution < 1.29 is 0 Å². The van der Waals surface area contributed by atoms with Crippen LogP contribution in [0.15, 0.2) is 212 Å². The summed E-state index contributed by atoms with van der Waals surface area (Å²) in [5, 5.41) is 7.22. The quantitative estimate of drug-likeness (QED) is 0.168. The van der Waals surface area contributed by atoms with E-state index in [0.29, 0.717) is 17.6 Å². The molecule has 0 saturated heterocycles. The molecule has 63 heavy (non-hydrogen) atoms. The second-order valence-electron chi connectivity index (χ2n) is 16.0. The van der Waals surface area contributed by atoms with Crippen LogP contribution in [0, 0.1) is 0 Å². The summed E-state index contributed by atoms with van der Waals surface area (Å²) in [5.74, 6) is 1.79. The largest absolute Gasteiger partial charge is 0.309 e. The zero-order valence-electron chi connectivity index (χ0n) is 33.9. The summed E-state index contributed by atoms with van der Waals surface area (Å²) in [7, 11) is 0. The van der Waals surface area contributed by atoms with E-state index in [9.17, 15) is 0 Å². The van der Waals surface area contributed by atoms with Crippen LogP contribution < -0.4 is 0 Å². The Hall–Kier alpha value is -8.19. The van der Waals surface area contributed by atoms with Gasteiger partial charge in [0.25, 0.3) is 0 Å². The molecule has 0 spiro atoms. The molecule has 4 aromatic heterocycles. The van der Waals surface area contributed by atoms with Crippen molar-refractivity contribution >= 4 is 75.1 Å². The van der Waals surface area contributed by atoms with Gasteiger partial charge in [-0.2, -0.15) is 9.97 Å². The van der Waals surface area contributed by atoms with Gasteiger partial charge in [0.1, 0.15) is 0 Å². The van der Waals surface area contributed by atoms with Gasteiger partial charge in [0, 0.05) is 64.1 Å². The summed E-state index contributed by atoms with van der Waals surface area (Å²) in [6.07, 6.45) is 0. The van der Waals surface area contributed by atoms with E-state index in [1.54, 1.807) is 0 Å². The van der Waals surface area contributed by atoms with Crippen LogP contribution >= 0.6 is 11.3 Å². The number of thiophene rings is 1. The number of nitrogens with zero attached hydrogens (tertiary/aromatic N) is 5. The number of hydrogen-bond acceptors (Lipinski definition) is 4. The van der Waals surface area contributed by atoms with E-state index in [4.69, 9.17) is 15.0 Å². The Bertz CT molecular complexity index is 3860. The third kappa shape index (κ3) is 5.66. The summed E-state index contributed by atoms with van der Waals surface area (Å²) in [6.45, 7) is 0. The Morgan fingerprint density at radius 3 is 1.57 bits per heavy atom. The molecule has 0 bridgehead atoms. The number of hydrogen-bond donors (Lipinski definition) is 0. The second kappa shape index (κ2) is 14.2. The molecule has 0 N–H and O–H groups in total. The Labute approximate surface area is 366 Å². The smallest absolute Gasteiger partial charge is 0.238 e. The molecule has 9 aromatic carbocycles. The molecule has 0 unspecified atom stereocenters. The van der Waals surface area contributed by atoms with Gasteiger partial charge in [-0.15, -0.1) is 11.3 Å². The Morgan fingerprint density at radius 1 is 0.317 bits per heavy atom. The number of rotatable bonds is 6. The molecule has 294 valence electrons. The number of para-hydroxylation sites is 3. The van der Waals surface area contributed by atoms with E-state index < -0.39 is 0 Å². The topological polar surface area (TPSA) is 48.5 Å². The highest BCUT2D eigenvalue weighted by Gasteiger charge is 2.23. The molecule has 0 fully saturated rings. The lowest BCUT2D eigenvalue weighted by Gasteiger charge is -2.16. The molecule has 13 aromatic rings. The second-order valence-corrected chi connectivity index (χ2v) is 17.0. The van der Waals surface area contributed by atoms with Gasteiger partial charge in [0.15, 0.2) is 11.6 Å². The van der Waals surface area contributed by atoms with Crippen molar-refractivity contribution in [1.29, 1.82) is 0 Å². The van der Waals surface area contributed by atoms with Gasteiger partial charge < -0.3 is 4.57 Å². The summed E-state index contributed by atoms with van der Waals surface area (Å²) in [6, 6.07) is 75.6. The zero-order chi connectivity index (χ0) is 41.4. The molecule has 0 atom stereocenters. The molecule has 0 aliphatic heterocycles. The van der Waals surface area contributed by atoms with E-state index in [0.717, 1.165) is 55.3 Å². The molecule has 0 amide bonds. The van der Waals surface area contributed by atoms with Crippen molar-refractivity contribution in [3.8, 4) is 56.7 Å². The van der Waals surface area contributed by atoms with Crippen molar-refractivity contribution in [2.24, 2.45) is 0 Å². The molecule has 0 aliphatic rings. The van der Waals surface area contributed by atoms with Gasteiger partial charge >= 0.3 is 0 Å². The predicted octanol–water partition coefficient (Wildman–Crippen LogP) is 15.1. The zero-order valence-corrected chi connectivity index (χ0v) is 34.7. The first-order chi connectivity index (χ1) is 31.2. The minimum atomic E-state index is 0.568. The lowest BCUT2D eigenvalue weighted by atomic mass is 9.96. The summed E-state index contributed by atoms with van der Waals surface area (Å²) in [5.41, 5.74) is 11.9. The SMILES string of the molecule is c1ccc(-c2ccc3c(c2)c2ccccc2n3-c2nc(-c3ccccc3)nc(-c3ccccc3-c3cc(-n4c5ccccc5c5ccccc54)cc4c3sc3ccccc34)n2)cc1. The molecule has 0 radical (unpaired) electrons. The first-order valence-corrected chi connectivity index (χ1v) is 22.0. The normalized spacial score (nSPS) is 11.8. The fraction of sp³-hybridized carbons (Fsp3) is 0. The van der Waals surface area contributed by atoms with Crippen LogP contribution in [0.2, 0.25) is 0 Å². The maximum absolute atomic E-state index is 5.45. The van der Waals surface area contributed by atoms with Crippen molar-refractivity contribution in [2.75, 3.05) is 0 Å². The monoisotopic (exact) mass is 821 g/mol. The Morgan fingerprint density at radius 2 is 0.857 bits per heavy atom. The standard InChI is InChI=1S/C57H35N5S/c1-3-17-36(18-4-1)38-31-32-52-46(33-38)43-24-11-15-29-51(43)62(52)57-59-55(37-19-5-2-6-20-37)58-56(60-57)45-26-8-7-21-40(45)47-34-39(35-48-44-25-12-16-30-53(44)63-54(47)48)61-49-27-13-9-22-41(49)42-23-10-14-28-50(42)61/h1-35H. The average Bonchev–Trinajstić information content (AvgIpc) is 4.02. The van der Waals surface area contributed by atoms with Gasteiger partial charge in [-0.1, -0.05) is 164 Å². The van der Waals surface area contributed by atoms with Crippen molar-refractivity contribution in [3.05, 3.63) is 212 Å². The van der Waals surface area contributed by atoms with Crippen LogP contribution in [0.1, 0.15) is 0 Å². The maximum Gasteiger partial charge on any atom is 0.238 e. The minimum absolute atomic E-state index is 0.568. The average molecular weight is 822 g/mol. The summed E-state index contributed by atoms with van der Waals surface area (Å²) < 4.78 is 7.10. The van der Waals surface area contributed by atoms with Gasteiger partial charge in [-0.25, -0.2) is 4.98 Å². The van der Waals surface area contributed by atoms with E-state index in [1.165, 1.54) is 47.5 Å². The third-order valence-corrected chi connectivity index (χ3v) is 13.6. The van der Waals surface area contributed by atoms with Gasteiger partial charge in [-0.3, -0.25) is 4.57 Å². The van der Waals surface area contributed by atoms with Crippen molar-refractivity contribution in [2.45, 2.75) is 0 Å². The van der Waals surface area contributed by atoms with E-state index in [-0.39, 0.29) is 0 Å². The predicted molar refractivity (Wildman–Crippen MR) is 263 cm³/mol. The summed E-state index contributed by atoms with van der Waals surface area (Å²) in [4.78, 5) is 16.1. The van der Waals surface area contributed by atoms with Gasteiger partial charge in [-0.05, 0) is 65.2 Å². The maximum atomic E-state index is 5.45. The fourth-order valence-corrected chi connectivity index (χ4v) is 10.8. The van der Waals surface area contributed by atoms with Crippen LogP contribution in [0.5, 0.6) is 0 Å². The van der Waals surface area contributed by atoms with Crippen LogP contribution in [-0.4, -0.2) is 24.1 Å². The molecule has 5 nitrogen and oxygen atoms in total. The molecule has 6 heteroatoms. The molecular formula is C57H35N5S. The number of aromatic nitrogens is 5. The molecule has 13 rings (SSSR count). The van der Waals surface area contributed by atoms with Crippen molar-refractivity contribution in [3.63, 3.8) is 0 Å². The first-order valence-electron chi connectivity index (χ1n) is 21.2. The Balaban J connectivity index is 1.08. The Kier molecular flexibility index (Phi) is 8.01. The molecule has 0 aliphatic carbocycles. The molecule has 4 heterocycles. The molecule has 0 saturated carbocycles. The van der Waals surface area contributed by atoms with Crippen LogP contribution in [0.3, 0.4) is 0 Å². The van der Waals surface area contributed by atoms with Crippen LogP contribution in [-0.2, 0) is 0 Å². The number of fused-ring (bicyclic) bond motifs is 9. The minimum Gasteiger partial charge on any atom is -0.309 e. The lowest BCUT2D eigenvalue weighted by molar-refractivity contribution is 0.953. The van der Waals surface area contributed by atoms with Crippen molar-refractivity contribution in [1.82, 2.24) is 24.1 Å². The fourth-order valence-electron chi connectivity index (χ4n) is 9.55. The third-order valence-electron chi connectivity index (χ3n) is 12.4. The highest BCUT2D eigenvalue weighted by molar-refractivity contribution is 7.26. The van der Waals surface area contributed by atoms with Crippen LogP contribution in [0.25, 0.3) is 120 Å². The molecular weight excluding hydrogens is 787 g/mol. The van der Waals surface area contributed by atoms with Gasteiger partial charge in [0.2, 0.25) is 5.95 Å². The highest BCUT2D eigenvalue weighted by atomic mass is 32.1.